The van der Waals surface area contributed by atoms with Gasteiger partial charge in [0.2, 0.25) is 10.0 Å². The third-order valence-electron chi connectivity index (χ3n) is 2.75. The number of hydrogen-bond donors (Lipinski definition) is 2. The molecule has 9 heteroatoms. The molecule has 3 N–H and O–H groups in total. The van der Waals surface area contributed by atoms with Gasteiger partial charge in [0.25, 0.3) is 0 Å². The molecular formula is C12H21ClN2O4S2. The molecule has 0 aliphatic heterocycles. The summed E-state index contributed by atoms with van der Waals surface area (Å²) in [6, 6.07) is 5.24. The van der Waals surface area contributed by atoms with Crippen molar-refractivity contribution in [2.45, 2.75) is 36.1 Å². The number of sulfonamides is 1. The summed E-state index contributed by atoms with van der Waals surface area (Å²) < 4.78 is 50.0. The quantitative estimate of drug-likeness (QED) is 0.755. The summed E-state index contributed by atoms with van der Waals surface area (Å²) in [7, 11) is -7.14. The normalized spacial score (nSPS) is 13.5. The lowest BCUT2D eigenvalue weighted by atomic mass is 10.3. The molecule has 1 aromatic rings. The van der Waals surface area contributed by atoms with Crippen molar-refractivity contribution in [3.8, 4) is 0 Å². The van der Waals surface area contributed by atoms with Crippen LogP contribution in [0.3, 0.4) is 0 Å². The summed E-state index contributed by atoms with van der Waals surface area (Å²) in [4.78, 5) is -0.0493. The molecule has 0 bridgehead atoms. The fourth-order valence-electron chi connectivity index (χ4n) is 1.51. The van der Waals surface area contributed by atoms with E-state index < -0.39 is 19.9 Å². The van der Waals surface area contributed by atoms with E-state index in [1.165, 1.54) is 31.2 Å². The van der Waals surface area contributed by atoms with Crippen molar-refractivity contribution in [2.24, 2.45) is 5.73 Å². The second-order valence-corrected chi connectivity index (χ2v) is 8.59. The van der Waals surface area contributed by atoms with E-state index in [0.717, 1.165) is 0 Å². The van der Waals surface area contributed by atoms with Gasteiger partial charge in [0, 0.05) is 12.6 Å². The largest absolute Gasteiger partial charge is 0.328 e. The molecule has 1 rings (SSSR count). The smallest absolute Gasteiger partial charge is 0.240 e. The Labute approximate surface area is 132 Å². The van der Waals surface area contributed by atoms with Crippen molar-refractivity contribution in [3.05, 3.63) is 24.3 Å². The average molecular weight is 357 g/mol. The number of rotatable bonds is 7. The Hall–Kier alpha value is -0.670. The first kappa shape index (κ1) is 20.3. The van der Waals surface area contributed by atoms with Crippen LogP contribution in [0.4, 0.5) is 0 Å². The average Bonchev–Trinajstić information content (AvgIpc) is 2.38. The maximum absolute atomic E-state index is 12.0. The molecule has 0 fully saturated rings. The summed E-state index contributed by atoms with van der Waals surface area (Å²) in [6.45, 7) is 3.50. The Bertz CT molecular complexity index is 658. The Kier molecular flexibility index (Phi) is 7.83. The maximum Gasteiger partial charge on any atom is 0.240 e. The van der Waals surface area contributed by atoms with Gasteiger partial charge in [-0.1, -0.05) is 13.0 Å². The number of nitrogens with one attached hydrogen (secondary N) is 1. The first-order valence-electron chi connectivity index (χ1n) is 6.27. The Morgan fingerprint density at radius 1 is 1.19 bits per heavy atom. The minimum atomic E-state index is -3.72. The highest BCUT2D eigenvalue weighted by molar-refractivity contribution is 7.91. The molecule has 0 aliphatic rings. The van der Waals surface area contributed by atoms with Gasteiger partial charge in [0.15, 0.2) is 9.84 Å². The van der Waals surface area contributed by atoms with Gasteiger partial charge in [-0.05, 0) is 31.5 Å². The molecule has 1 atom stereocenters. The highest BCUT2D eigenvalue weighted by atomic mass is 35.5. The topological polar surface area (TPSA) is 106 Å². The third kappa shape index (κ3) is 5.91. The lowest BCUT2D eigenvalue weighted by Crippen LogP contribution is -2.29. The van der Waals surface area contributed by atoms with Gasteiger partial charge in [-0.2, -0.15) is 0 Å². The van der Waals surface area contributed by atoms with Gasteiger partial charge < -0.3 is 5.73 Å². The minimum absolute atomic E-state index is 0. The van der Waals surface area contributed by atoms with Crippen LogP contribution in [0.15, 0.2) is 34.1 Å². The molecule has 0 aromatic heterocycles. The molecule has 0 amide bonds. The minimum Gasteiger partial charge on any atom is -0.328 e. The molecule has 1 unspecified atom stereocenters. The molecule has 122 valence electrons. The van der Waals surface area contributed by atoms with Crippen LogP contribution in [-0.4, -0.2) is 35.2 Å². The molecule has 0 spiro atoms. The van der Waals surface area contributed by atoms with E-state index in [0.29, 0.717) is 6.42 Å². The number of nitrogens with two attached hydrogens (primary N) is 1. The maximum atomic E-state index is 12.0. The van der Waals surface area contributed by atoms with Crippen LogP contribution >= 0.6 is 12.4 Å². The van der Waals surface area contributed by atoms with Gasteiger partial charge in [0.05, 0.1) is 15.5 Å². The van der Waals surface area contributed by atoms with Crippen LogP contribution in [0.5, 0.6) is 0 Å². The van der Waals surface area contributed by atoms with Crippen molar-refractivity contribution in [1.82, 2.24) is 4.72 Å². The van der Waals surface area contributed by atoms with Crippen molar-refractivity contribution >= 4 is 32.3 Å². The summed E-state index contributed by atoms with van der Waals surface area (Å²) >= 11 is 0. The summed E-state index contributed by atoms with van der Waals surface area (Å²) in [5.74, 6) is -0.0748. The zero-order chi connectivity index (χ0) is 15.4. The van der Waals surface area contributed by atoms with Gasteiger partial charge in [0.1, 0.15) is 0 Å². The molecule has 0 aliphatic carbocycles. The van der Waals surface area contributed by atoms with Crippen molar-refractivity contribution < 1.29 is 16.8 Å². The van der Waals surface area contributed by atoms with E-state index in [1.807, 2.05) is 0 Å². The van der Waals surface area contributed by atoms with Crippen LogP contribution in [-0.2, 0) is 19.9 Å². The third-order valence-corrected chi connectivity index (χ3v) is 5.94. The molecular weight excluding hydrogens is 336 g/mol. The van der Waals surface area contributed by atoms with Gasteiger partial charge >= 0.3 is 0 Å². The number of sulfone groups is 1. The van der Waals surface area contributed by atoms with E-state index in [4.69, 9.17) is 5.73 Å². The van der Waals surface area contributed by atoms with E-state index in [2.05, 4.69) is 4.72 Å². The standard InChI is InChI=1S/C12H20N2O4S2.ClH/c1-3-19(15,16)11-5-4-6-12(9-11)20(17,18)14-8-7-10(2)13;/h4-6,9-10,14H,3,7-8,13H2,1-2H3;1H. The highest BCUT2D eigenvalue weighted by Gasteiger charge is 2.18. The second-order valence-electron chi connectivity index (χ2n) is 4.54. The van der Waals surface area contributed by atoms with Crippen molar-refractivity contribution in [2.75, 3.05) is 12.3 Å². The summed E-state index contributed by atoms with van der Waals surface area (Å²) in [6.07, 6.45) is 0.506. The SMILES string of the molecule is CCS(=O)(=O)c1cccc(S(=O)(=O)NCCC(C)N)c1.Cl. The zero-order valence-corrected chi connectivity index (χ0v) is 14.4. The highest BCUT2D eigenvalue weighted by Crippen LogP contribution is 2.16. The predicted molar refractivity (Wildman–Crippen MR) is 84.9 cm³/mol. The van der Waals surface area contributed by atoms with Crippen LogP contribution in [0.25, 0.3) is 0 Å². The van der Waals surface area contributed by atoms with Crippen molar-refractivity contribution in [1.29, 1.82) is 0 Å². The Morgan fingerprint density at radius 2 is 1.76 bits per heavy atom. The van der Waals surface area contributed by atoms with Gasteiger partial charge in [-0.15, -0.1) is 12.4 Å². The fourth-order valence-corrected chi connectivity index (χ4v) is 3.60. The predicted octanol–water partition coefficient (Wildman–Crippen LogP) is 0.918. The zero-order valence-electron chi connectivity index (χ0n) is 11.9. The number of hydrogen-bond acceptors (Lipinski definition) is 5. The van der Waals surface area contributed by atoms with Gasteiger partial charge in [-0.3, -0.25) is 0 Å². The van der Waals surface area contributed by atoms with E-state index >= 15 is 0 Å². The van der Waals surface area contributed by atoms with Crippen LogP contribution < -0.4 is 10.5 Å². The molecule has 0 saturated carbocycles. The first-order chi connectivity index (χ1) is 9.19. The Balaban J connectivity index is 0.00000400. The summed E-state index contributed by atoms with van der Waals surface area (Å²) in [5.41, 5.74) is 5.55. The molecule has 6 nitrogen and oxygen atoms in total. The molecule has 1 aromatic carbocycles. The number of benzene rings is 1. The summed E-state index contributed by atoms with van der Waals surface area (Å²) in [5, 5.41) is 0. The van der Waals surface area contributed by atoms with Crippen LogP contribution in [0.1, 0.15) is 20.3 Å². The lowest BCUT2D eigenvalue weighted by molar-refractivity contribution is 0.571. The van der Waals surface area contributed by atoms with E-state index in [9.17, 15) is 16.8 Å². The molecule has 0 saturated heterocycles. The van der Waals surface area contributed by atoms with Gasteiger partial charge in [-0.25, -0.2) is 21.6 Å². The fraction of sp³-hybridized carbons (Fsp3) is 0.500. The van der Waals surface area contributed by atoms with E-state index in [1.54, 1.807) is 6.92 Å². The van der Waals surface area contributed by atoms with Crippen LogP contribution in [0.2, 0.25) is 0 Å². The lowest BCUT2D eigenvalue weighted by Gasteiger charge is -2.09. The molecule has 21 heavy (non-hydrogen) atoms. The number of halogens is 1. The monoisotopic (exact) mass is 356 g/mol. The first-order valence-corrected chi connectivity index (χ1v) is 9.40. The Morgan fingerprint density at radius 3 is 2.29 bits per heavy atom. The van der Waals surface area contributed by atoms with Crippen LogP contribution in [0, 0.1) is 0 Å². The molecule has 0 heterocycles. The van der Waals surface area contributed by atoms with Crippen molar-refractivity contribution in [3.63, 3.8) is 0 Å². The van der Waals surface area contributed by atoms with E-state index in [-0.39, 0.29) is 40.5 Å². The second kappa shape index (κ2) is 8.09. The molecule has 0 radical (unpaired) electrons.